The summed E-state index contributed by atoms with van der Waals surface area (Å²) in [5, 5.41) is 0. The molecule has 0 radical (unpaired) electrons. The number of carbonyl (C=O) groups excluding carboxylic acids is 1. The number of hydrogen-bond acceptors (Lipinski definition) is 5. The molecule has 2 aromatic heterocycles. The van der Waals surface area contributed by atoms with Gasteiger partial charge in [-0.25, -0.2) is 9.97 Å². The van der Waals surface area contributed by atoms with Crippen LogP contribution < -0.4 is 0 Å². The molecular formula is C15H17N3O2S. The molecule has 1 atom stereocenters. The van der Waals surface area contributed by atoms with Crippen LogP contribution in [-0.2, 0) is 4.74 Å². The fraction of sp³-hybridized carbons (Fsp3) is 0.400. The average Bonchev–Trinajstić information content (AvgIpc) is 2.93. The second-order valence-electron chi connectivity index (χ2n) is 5.05. The van der Waals surface area contributed by atoms with Crippen LogP contribution in [0.3, 0.4) is 0 Å². The lowest BCUT2D eigenvalue weighted by molar-refractivity contribution is -0.0246. The molecule has 0 saturated carbocycles. The summed E-state index contributed by atoms with van der Waals surface area (Å²) in [6.07, 6.45) is 1.55. The molecule has 0 spiro atoms. The van der Waals surface area contributed by atoms with E-state index < -0.39 is 0 Å². The molecule has 3 heterocycles. The van der Waals surface area contributed by atoms with E-state index in [-0.39, 0.29) is 12.0 Å². The van der Waals surface area contributed by atoms with Gasteiger partial charge in [0.15, 0.2) is 0 Å². The van der Waals surface area contributed by atoms with Crippen molar-refractivity contribution >= 4 is 17.2 Å². The number of thiophene rings is 1. The Morgan fingerprint density at radius 2 is 2.24 bits per heavy atom. The Labute approximate surface area is 127 Å². The number of amides is 1. The first-order valence-corrected chi connectivity index (χ1v) is 7.72. The van der Waals surface area contributed by atoms with Gasteiger partial charge in [0.1, 0.15) is 11.9 Å². The molecule has 0 aromatic carbocycles. The highest BCUT2D eigenvalue weighted by atomic mass is 32.1. The lowest BCUT2D eigenvalue weighted by Gasteiger charge is -2.32. The third-order valence-corrected chi connectivity index (χ3v) is 4.42. The average molecular weight is 303 g/mol. The molecule has 0 aliphatic carbocycles. The Bertz CT molecular complexity index is 656. The van der Waals surface area contributed by atoms with Gasteiger partial charge in [0.25, 0.3) is 5.91 Å². The highest BCUT2D eigenvalue weighted by molar-refractivity contribution is 7.13. The van der Waals surface area contributed by atoms with Crippen LogP contribution in [0.25, 0.3) is 0 Å². The first-order valence-electron chi connectivity index (χ1n) is 6.90. The first kappa shape index (κ1) is 14.2. The predicted octanol–water partition coefficient (Wildman–Crippen LogP) is 2.37. The minimum atomic E-state index is -0.176. The monoisotopic (exact) mass is 303 g/mol. The second-order valence-corrected chi connectivity index (χ2v) is 6.34. The van der Waals surface area contributed by atoms with Gasteiger partial charge in [-0.3, -0.25) is 4.79 Å². The lowest BCUT2D eigenvalue weighted by atomic mass is 10.2. The largest absolute Gasteiger partial charge is 0.368 e. The maximum Gasteiger partial charge on any atom is 0.264 e. The van der Waals surface area contributed by atoms with Gasteiger partial charge in [-0.05, 0) is 32.0 Å². The lowest BCUT2D eigenvalue weighted by Crippen LogP contribution is -2.42. The van der Waals surface area contributed by atoms with Crippen molar-refractivity contribution in [3.05, 3.63) is 45.7 Å². The number of nitrogens with zero attached hydrogens (tertiary/aromatic N) is 3. The minimum absolute atomic E-state index is 0.0761. The summed E-state index contributed by atoms with van der Waals surface area (Å²) in [6, 6.07) is 5.71. The maximum atomic E-state index is 12.5. The van der Waals surface area contributed by atoms with E-state index >= 15 is 0 Å². The number of hydrogen-bond donors (Lipinski definition) is 0. The van der Waals surface area contributed by atoms with Crippen molar-refractivity contribution in [3.8, 4) is 0 Å². The Morgan fingerprint density at radius 1 is 1.38 bits per heavy atom. The van der Waals surface area contributed by atoms with E-state index in [9.17, 15) is 4.79 Å². The van der Waals surface area contributed by atoms with E-state index in [0.29, 0.717) is 25.5 Å². The molecule has 3 rings (SSSR count). The van der Waals surface area contributed by atoms with Gasteiger partial charge < -0.3 is 9.64 Å². The van der Waals surface area contributed by atoms with Gasteiger partial charge in [-0.1, -0.05) is 0 Å². The zero-order valence-electron chi connectivity index (χ0n) is 12.1. The number of rotatable bonds is 2. The fourth-order valence-corrected chi connectivity index (χ4v) is 3.21. The van der Waals surface area contributed by atoms with Gasteiger partial charge >= 0.3 is 0 Å². The smallest absolute Gasteiger partial charge is 0.264 e. The molecule has 0 unspecified atom stereocenters. The zero-order valence-corrected chi connectivity index (χ0v) is 12.9. The zero-order chi connectivity index (χ0) is 14.8. The molecule has 0 bridgehead atoms. The molecule has 6 heteroatoms. The molecule has 1 fully saturated rings. The fourth-order valence-electron chi connectivity index (χ4n) is 2.37. The van der Waals surface area contributed by atoms with E-state index in [4.69, 9.17) is 4.74 Å². The third-order valence-electron chi connectivity index (χ3n) is 3.43. The van der Waals surface area contributed by atoms with Crippen molar-refractivity contribution < 1.29 is 9.53 Å². The summed E-state index contributed by atoms with van der Waals surface area (Å²) in [4.78, 5) is 24.8. The van der Waals surface area contributed by atoms with E-state index in [1.807, 2.05) is 36.9 Å². The standard InChI is InChI=1S/C15H17N3O2S/c1-10-3-4-14(21-10)15(19)18-7-8-20-13(9-18)12-5-6-16-11(2)17-12/h3-6,13H,7-9H2,1-2H3/t13-/m0/s1. The quantitative estimate of drug-likeness (QED) is 0.854. The molecule has 5 nitrogen and oxygen atoms in total. The Kier molecular flexibility index (Phi) is 3.98. The summed E-state index contributed by atoms with van der Waals surface area (Å²) < 4.78 is 5.76. The summed E-state index contributed by atoms with van der Waals surface area (Å²) in [7, 11) is 0. The van der Waals surface area contributed by atoms with Crippen LogP contribution >= 0.6 is 11.3 Å². The van der Waals surface area contributed by atoms with Crippen molar-refractivity contribution in [3.63, 3.8) is 0 Å². The number of ether oxygens (including phenoxy) is 1. The summed E-state index contributed by atoms with van der Waals surface area (Å²) in [6.45, 7) is 5.54. The maximum absolute atomic E-state index is 12.5. The van der Waals surface area contributed by atoms with Crippen molar-refractivity contribution in [1.82, 2.24) is 14.9 Å². The SMILES string of the molecule is Cc1nccc([C@@H]2CN(C(=O)c3ccc(C)s3)CCO2)n1. The van der Waals surface area contributed by atoms with Crippen LogP contribution in [0.4, 0.5) is 0 Å². The molecule has 1 aliphatic heterocycles. The van der Waals surface area contributed by atoms with Crippen molar-refractivity contribution in [2.45, 2.75) is 20.0 Å². The van der Waals surface area contributed by atoms with Crippen LogP contribution in [0.2, 0.25) is 0 Å². The van der Waals surface area contributed by atoms with E-state index in [1.165, 1.54) is 11.3 Å². The number of aryl methyl sites for hydroxylation is 2. The van der Waals surface area contributed by atoms with Gasteiger partial charge in [0, 0.05) is 17.6 Å². The molecule has 1 saturated heterocycles. The Morgan fingerprint density at radius 3 is 2.95 bits per heavy atom. The molecule has 21 heavy (non-hydrogen) atoms. The van der Waals surface area contributed by atoms with E-state index in [1.54, 1.807) is 6.20 Å². The Hall–Kier alpha value is -1.79. The third kappa shape index (κ3) is 3.11. The van der Waals surface area contributed by atoms with Gasteiger partial charge in [0.2, 0.25) is 0 Å². The second kappa shape index (κ2) is 5.91. The molecule has 1 aliphatic rings. The van der Waals surface area contributed by atoms with Crippen LogP contribution in [0, 0.1) is 13.8 Å². The van der Waals surface area contributed by atoms with Crippen LogP contribution in [0.5, 0.6) is 0 Å². The molecule has 0 N–H and O–H groups in total. The molecule has 2 aromatic rings. The van der Waals surface area contributed by atoms with E-state index in [0.717, 1.165) is 15.4 Å². The van der Waals surface area contributed by atoms with Crippen molar-refractivity contribution in [2.75, 3.05) is 19.7 Å². The summed E-state index contributed by atoms with van der Waals surface area (Å²) >= 11 is 1.53. The van der Waals surface area contributed by atoms with Gasteiger partial charge in [0.05, 0.1) is 23.7 Å². The summed E-state index contributed by atoms with van der Waals surface area (Å²) in [5.74, 6) is 0.792. The van der Waals surface area contributed by atoms with Crippen LogP contribution in [-0.4, -0.2) is 40.5 Å². The Balaban J connectivity index is 1.75. The molecular weight excluding hydrogens is 286 g/mol. The van der Waals surface area contributed by atoms with Gasteiger partial charge in [-0.2, -0.15) is 0 Å². The normalized spacial score (nSPS) is 18.8. The summed E-state index contributed by atoms with van der Waals surface area (Å²) in [5.41, 5.74) is 0.836. The topological polar surface area (TPSA) is 55.3 Å². The molecule has 1 amide bonds. The van der Waals surface area contributed by atoms with Crippen molar-refractivity contribution in [2.24, 2.45) is 0 Å². The van der Waals surface area contributed by atoms with Crippen LogP contribution in [0.1, 0.15) is 32.2 Å². The minimum Gasteiger partial charge on any atom is -0.368 e. The highest BCUT2D eigenvalue weighted by Gasteiger charge is 2.27. The first-order chi connectivity index (χ1) is 10.1. The predicted molar refractivity (Wildman–Crippen MR) is 80.4 cm³/mol. The van der Waals surface area contributed by atoms with Crippen LogP contribution in [0.15, 0.2) is 24.4 Å². The number of morpholine rings is 1. The van der Waals surface area contributed by atoms with Gasteiger partial charge in [-0.15, -0.1) is 11.3 Å². The van der Waals surface area contributed by atoms with Crippen molar-refractivity contribution in [1.29, 1.82) is 0 Å². The number of aromatic nitrogens is 2. The number of carbonyl (C=O) groups is 1. The highest BCUT2D eigenvalue weighted by Crippen LogP contribution is 2.23. The molecule has 110 valence electrons. The van der Waals surface area contributed by atoms with E-state index in [2.05, 4.69) is 9.97 Å².